The van der Waals surface area contributed by atoms with Crippen molar-refractivity contribution in [3.63, 3.8) is 0 Å². The van der Waals surface area contributed by atoms with Crippen LogP contribution in [0.3, 0.4) is 0 Å². The van der Waals surface area contributed by atoms with E-state index in [9.17, 15) is 14.4 Å². The molecule has 0 bridgehead atoms. The van der Waals surface area contributed by atoms with Crippen LogP contribution in [0.1, 0.15) is 24.2 Å². The second-order valence-electron chi connectivity index (χ2n) is 6.11. The number of rotatable bonds is 1. The van der Waals surface area contributed by atoms with E-state index in [4.69, 9.17) is 16.3 Å². The third-order valence-corrected chi connectivity index (χ3v) is 5.11. The van der Waals surface area contributed by atoms with E-state index >= 15 is 0 Å². The summed E-state index contributed by atoms with van der Waals surface area (Å²) in [4.78, 5) is 19.2. The van der Waals surface area contributed by atoms with E-state index in [2.05, 4.69) is 4.98 Å². The fourth-order valence-electron chi connectivity index (χ4n) is 3.52. The van der Waals surface area contributed by atoms with Gasteiger partial charge < -0.3 is 4.74 Å². The molecule has 4 rings (SSSR count). The van der Waals surface area contributed by atoms with Gasteiger partial charge in [-0.3, -0.25) is 9.69 Å². The van der Waals surface area contributed by atoms with Gasteiger partial charge in [0, 0.05) is 13.2 Å². The molecule has 2 aromatic rings. The molecule has 7 heteroatoms. The van der Waals surface area contributed by atoms with Crippen LogP contribution >= 0.6 is 11.6 Å². The highest BCUT2D eigenvalue weighted by Gasteiger charge is 2.53. The Balaban J connectivity index is 1.91. The van der Waals surface area contributed by atoms with E-state index in [0.29, 0.717) is 43.1 Å². The van der Waals surface area contributed by atoms with Crippen molar-refractivity contribution in [2.24, 2.45) is 0 Å². The second-order valence-corrected chi connectivity index (χ2v) is 6.52. The Morgan fingerprint density at radius 1 is 1.28 bits per heavy atom. The lowest BCUT2D eigenvalue weighted by atomic mass is 9.78. The average molecular weight is 358 g/mol. The Labute approximate surface area is 148 Å². The topological polar surface area (TPSA) is 66.2 Å². The molecule has 1 aromatic heterocycles. The second kappa shape index (κ2) is 5.80. The van der Waals surface area contributed by atoms with Crippen LogP contribution in [0.15, 0.2) is 30.3 Å². The number of halogens is 2. The fraction of sp³-hybridized carbons (Fsp3) is 0.278. The molecule has 5 nitrogen and oxygen atoms in total. The molecule has 1 saturated heterocycles. The molecular formula is C18H13ClFN3O2. The number of anilines is 2. The molecular weight excluding hydrogens is 345 g/mol. The van der Waals surface area contributed by atoms with Crippen LogP contribution in [-0.2, 0) is 14.9 Å². The summed E-state index contributed by atoms with van der Waals surface area (Å²) in [6.07, 6.45) is 0.959. The van der Waals surface area contributed by atoms with Crippen LogP contribution in [0.2, 0.25) is 5.02 Å². The van der Waals surface area contributed by atoms with Gasteiger partial charge in [-0.05, 0) is 43.2 Å². The normalized spacial score (nSPS) is 18.3. The van der Waals surface area contributed by atoms with Gasteiger partial charge in [-0.25, -0.2) is 9.37 Å². The molecule has 2 aliphatic heterocycles. The van der Waals surface area contributed by atoms with Gasteiger partial charge in [0.05, 0.1) is 27.5 Å². The molecule has 0 saturated carbocycles. The summed E-state index contributed by atoms with van der Waals surface area (Å²) in [7, 11) is 0. The highest BCUT2D eigenvalue weighted by Crippen LogP contribution is 2.49. The highest BCUT2D eigenvalue weighted by atomic mass is 35.5. The number of amides is 1. The van der Waals surface area contributed by atoms with Crippen LogP contribution < -0.4 is 4.90 Å². The zero-order valence-corrected chi connectivity index (χ0v) is 13.9. The van der Waals surface area contributed by atoms with Gasteiger partial charge in [0.1, 0.15) is 17.6 Å². The number of ether oxygens (including phenoxy) is 1. The lowest BCUT2D eigenvalue weighted by Crippen LogP contribution is -2.43. The summed E-state index contributed by atoms with van der Waals surface area (Å²) >= 11 is 5.76. The van der Waals surface area contributed by atoms with Crippen molar-refractivity contribution in [3.8, 4) is 6.07 Å². The lowest BCUT2D eigenvalue weighted by molar-refractivity contribution is -0.126. The maximum atomic E-state index is 13.9. The molecule has 25 heavy (non-hydrogen) atoms. The van der Waals surface area contributed by atoms with Gasteiger partial charge in [-0.2, -0.15) is 5.26 Å². The minimum absolute atomic E-state index is 0.00523. The molecule has 1 spiro atoms. The molecule has 2 aliphatic rings. The van der Waals surface area contributed by atoms with Gasteiger partial charge in [0.25, 0.3) is 0 Å². The van der Waals surface area contributed by atoms with Crippen molar-refractivity contribution in [1.82, 2.24) is 4.98 Å². The Hall–Kier alpha value is -2.49. The quantitative estimate of drug-likeness (QED) is 0.783. The zero-order chi connectivity index (χ0) is 17.6. The molecule has 3 heterocycles. The number of aromatic nitrogens is 1. The van der Waals surface area contributed by atoms with E-state index in [1.54, 1.807) is 18.2 Å². The smallest absolute Gasteiger partial charge is 0.244 e. The molecule has 1 amide bonds. The van der Waals surface area contributed by atoms with Crippen LogP contribution in [0.25, 0.3) is 0 Å². The maximum absolute atomic E-state index is 13.9. The number of carbonyl (C=O) groups excluding carboxylic acids is 1. The summed E-state index contributed by atoms with van der Waals surface area (Å²) in [6, 6.07) is 9.52. The van der Waals surface area contributed by atoms with Crippen LogP contribution in [0.4, 0.5) is 15.8 Å². The summed E-state index contributed by atoms with van der Waals surface area (Å²) in [5, 5.41) is 9.17. The molecule has 126 valence electrons. The summed E-state index contributed by atoms with van der Waals surface area (Å²) in [6.45, 7) is 0.874. The van der Waals surface area contributed by atoms with Gasteiger partial charge in [0.15, 0.2) is 0 Å². The molecule has 1 fully saturated rings. The van der Waals surface area contributed by atoms with Crippen molar-refractivity contribution in [2.45, 2.75) is 18.3 Å². The van der Waals surface area contributed by atoms with Gasteiger partial charge in [0.2, 0.25) is 5.91 Å². The first-order chi connectivity index (χ1) is 12.1. The van der Waals surface area contributed by atoms with Crippen molar-refractivity contribution < 1.29 is 13.9 Å². The lowest BCUT2D eigenvalue weighted by Gasteiger charge is -2.31. The highest BCUT2D eigenvalue weighted by molar-refractivity contribution is 6.30. The fourth-order valence-corrected chi connectivity index (χ4v) is 3.64. The van der Waals surface area contributed by atoms with Crippen LogP contribution in [-0.4, -0.2) is 24.1 Å². The maximum Gasteiger partial charge on any atom is 0.244 e. The van der Waals surface area contributed by atoms with Crippen LogP contribution in [0, 0.1) is 17.1 Å². The molecule has 1 aromatic carbocycles. The van der Waals surface area contributed by atoms with E-state index in [1.165, 1.54) is 17.0 Å². The monoisotopic (exact) mass is 357 g/mol. The molecule has 0 N–H and O–H groups in total. The van der Waals surface area contributed by atoms with Gasteiger partial charge >= 0.3 is 0 Å². The summed E-state index contributed by atoms with van der Waals surface area (Å²) in [5.41, 5.74) is 0.948. The van der Waals surface area contributed by atoms with Crippen LogP contribution in [0.5, 0.6) is 0 Å². The SMILES string of the molecule is N#Cc1ccc2c(n1)C1(CCOCC1)C(=O)N2c1ccc(Cl)c(F)c1. The number of nitriles is 1. The molecule has 0 unspecified atom stereocenters. The first kappa shape index (κ1) is 16.0. The third kappa shape index (κ3) is 2.31. The number of hydrogen-bond acceptors (Lipinski definition) is 4. The third-order valence-electron chi connectivity index (χ3n) is 4.80. The molecule has 0 radical (unpaired) electrons. The summed E-state index contributed by atoms with van der Waals surface area (Å²) < 4.78 is 19.4. The number of carbonyl (C=O) groups is 1. The Bertz CT molecular complexity index is 919. The average Bonchev–Trinajstić information content (AvgIpc) is 2.86. The first-order valence-electron chi connectivity index (χ1n) is 7.86. The van der Waals surface area contributed by atoms with E-state index in [0.717, 1.165) is 0 Å². The van der Waals surface area contributed by atoms with E-state index in [-0.39, 0.29) is 16.6 Å². The number of hydrogen-bond donors (Lipinski definition) is 0. The standard InChI is InChI=1S/C18H13ClFN3O2/c19-13-3-2-12(9-14(13)20)23-15-4-1-11(10-21)22-16(15)18(17(23)24)5-7-25-8-6-18/h1-4,9H,5-8H2. The van der Waals surface area contributed by atoms with Gasteiger partial charge in [-0.15, -0.1) is 0 Å². The van der Waals surface area contributed by atoms with Crippen molar-refractivity contribution in [2.75, 3.05) is 18.1 Å². The Morgan fingerprint density at radius 3 is 2.72 bits per heavy atom. The number of benzene rings is 1. The predicted molar refractivity (Wildman–Crippen MR) is 89.2 cm³/mol. The zero-order valence-electron chi connectivity index (χ0n) is 13.1. The van der Waals surface area contributed by atoms with Crippen molar-refractivity contribution >= 4 is 28.9 Å². The van der Waals surface area contributed by atoms with Gasteiger partial charge in [-0.1, -0.05) is 11.6 Å². The first-order valence-corrected chi connectivity index (χ1v) is 8.23. The Kier molecular flexibility index (Phi) is 3.71. The molecule has 0 aliphatic carbocycles. The molecule has 0 atom stereocenters. The Morgan fingerprint density at radius 2 is 2.04 bits per heavy atom. The van der Waals surface area contributed by atoms with Crippen molar-refractivity contribution in [3.05, 3.63) is 52.6 Å². The summed E-state index contributed by atoms with van der Waals surface area (Å²) in [5.74, 6) is -0.766. The van der Waals surface area contributed by atoms with E-state index < -0.39 is 11.2 Å². The minimum Gasteiger partial charge on any atom is -0.381 e. The predicted octanol–water partition coefficient (Wildman–Crippen LogP) is 3.47. The minimum atomic E-state index is -0.837. The number of fused-ring (bicyclic) bond motifs is 2. The van der Waals surface area contributed by atoms with Crippen molar-refractivity contribution in [1.29, 1.82) is 5.26 Å². The van der Waals surface area contributed by atoms with E-state index in [1.807, 2.05) is 6.07 Å². The number of nitrogens with zero attached hydrogens (tertiary/aromatic N) is 3. The number of pyridine rings is 1. The largest absolute Gasteiger partial charge is 0.381 e.